The molecule has 2 rings (SSSR count). The number of carbonyl (C=O) groups is 2. The quantitative estimate of drug-likeness (QED) is 0.761. The van der Waals surface area contributed by atoms with E-state index < -0.39 is 11.9 Å². The van der Waals surface area contributed by atoms with Gasteiger partial charge in [0.1, 0.15) is 17.1 Å². The first-order valence-electron chi connectivity index (χ1n) is 7.99. The molecular weight excluding hydrogens is 348 g/mol. The number of rotatable bonds is 6. The molecule has 2 amide bonds. The molecular formula is C19H20N4O2S. The highest BCUT2D eigenvalue weighted by Crippen LogP contribution is 2.26. The molecule has 1 unspecified atom stereocenters. The van der Waals surface area contributed by atoms with Crippen molar-refractivity contribution >= 4 is 23.6 Å². The van der Waals surface area contributed by atoms with Crippen LogP contribution in [0.15, 0.2) is 35.4 Å². The van der Waals surface area contributed by atoms with Crippen molar-refractivity contribution in [2.24, 2.45) is 5.73 Å². The van der Waals surface area contributed by atoms with Crippen LogP contribution in [0.25, 0.3) is 0 Å². The second kappa shape index (κ2) is 8.50. The number of carbonyl (C=O) groups excluding carboxylic acids is 2. The normalized spacial score (nSPS) is 11.5. The summed E-state index contributed by atoms with van der Waals surface area (Å²) in [6.45, 7) is 5.65. The molecule has 1 aromatic carbocycles. The summed E-state index contributed by atoms with van der Waals surface area (Å²) < 4.78 is 0. The minimum atomic E-state index is -0.894. The number of nitrogens with zero attached hydrogens (tertiary/aromatic N) is 2. The van der Waals surface area contributed by atoms with Crippen molar-refractivity contribution in [1.29, 1.82) is 5.26 Å². The predicted molar refractivity (Wildman–Crippen MR) is 100 cm³/mol. The van der Waals surface area contributed by atoms with E-state index in [1.165, 1.54) is 11.8 Å². The zero-order valence-corrected chi connectivity index (χ0v) is 15.7. The number of thioether (sulfide) groups is 1. The van der Waals surface area contributed by atoms with Crippen molar-refractivity contribution in [2.45, 2.75) is 31.8 Å². The summed E-state index contributed by atoms with van der Waals surface area (Å²) in [7, 11) is 0. The predicted octanol–water partition coefficient (Wildman–Crippen LogP) is 2.31. The van der Waals surface area contributed by atoms with Crippen LogP contribution in [0.4, 0.5) is 0 Å². The largest absolute Gasteiger partial charge is 0.368 e. The number of nitrogens with one attached hydrogen (secondary N) is 1. The molecule has 0 spiro atoms. The van der Waals surface area contributed by atoms with E-state index in [1.807, 2.05) is 26.8 Å². The molecule has 0 saturated heterocycles. The van der Waals surface area contributed by atoms with E-state index in [2.05, 4.69) is 16.4 Å². The zero-order chi connectivity index (χ0) is 19.3. The molecule has 0 aliphatic rings. The third-order valence-corrected chi connectivity index (χ3v) is 5.11. The number of pyridine rings is 1. The van der Waals surface area contributed by atoms with E-state index >= 15 is 0 Å². The first-order valence-corrected chi connectivity index (χ1v) is 8.98. The Morgan fingerprint density at radius 2 is 1.88 bits per heavy atom. The molecule has 3 N–H and O–H groups in total. The van der Waals surface area contributed by atoms with E-state index in [1.54, 1.807) is 24.3 Å². The Balaban J connectivity index is 2.12. The van der Waals surface area contributed by atoms with Gasteiger partial charge >= 0.3 is 0 Å². The average Bonchev–Trinajstić information content (AvgIpc) is 2.63. The van der Waals surface area contributed by atoms with E-state index in [4.69, 9.17) is 5.73 Å². The number of nitriles is 1. The summed E-state index contributed by atoms with van der Waals surface area (Å²) in [5.41, 5.74) is 9.16. The maximum Gasteiger partial charge on any atom is 0.244 e. The van der Waals surface area contributed by atoms with E-state index in [0.717, 1.165) is 16.8 Å². The molecule has 0 aliphatic heterocycles. The Hall–Kier alpha value is -2.85. The molecule has 26 heavy (non-hydrogen) atoms. The van der Waals surface area contributed by atoms with E-state index in [-0.39, 0.29) is 11.7 Å². The molecule has 0 bridgehead atoms. The second-order valence-corrected chi connectivity index (χ2v) is 6.81. The SMILES string of the molecule is Cc1nc(SCC(=O)NC(C(N)=O)c2ccccc2)c(C#N)c(C)c1C. The lowest BCUT2D eigenvalue weighted by atomic mass is 10.1. The Morgan fingerprint density at radius 3 is 2.46 bits per heavy atom. The van der Waals surface area contributed by atoms with Crippen molar-refractivity contribution in [3.05, 3.63) is 58.3 Å². The van der Waals surface area contributed by atoms with Crippen molar-refractivity contribution < 1.29 is 9.59 Å². The molecule has 7 heteroatoms. The van der Waals surface area contributed by atoms with Gasteiger partial charge in [0, 0.05) is 5.69 Å². The average molecular weight is 368 g/mol. The fraction of sp³-hybridized carbons (Fsp3) is 0.263. The van der Waals surface area contributed by atoms with Gasteiger partial charge in [-0.3, -0.25) is 9.59 Å². The van der Waals surface area contributed by atoms with Crippen LogP contribution in [0.1, 0.15) is 34.0 Å². The van der Waals surface area contributed by atoms with Crippen LogP contribution in [0.3, 0.4) is 0 Å². The van der Waals surface area contributed by atoms with Gasteiger partial charge in [-0.25, -0.2) is 4.98 Å². The van der Waals surface area contributed by atoms with Gasteiger partial charge in [0.25, 0.3) is 0 Å². The fourth-order valence-electron chi connectivity index (χ4n) is 2.45. The Kier molecular flexibility index (Phi) is 6.36. The van der Waals surface area contributed by atoms with Crippen LogP contribution in [0, 0.1) is 32.1 Å². The second-order valence-electron chi connectivity index (χ2n) is 5.84. The molecule has 134 valence electrons. The monoisotopic (exact) mass is 368 g/mol. The minimum absolute atomic E-state index is 0.0280. The number of nitrogens with two attached hydrogens (primary N) is 1. The Morgan fingerprint density at radius 1 is 1.23 bits per heavy atom. The summed E-state index contributed by atoms with van der Waals surface area (Å²) >= 11 is 1.17. The number of amides is 2. The lowest BCUT2D eigenvalue weighted by Crippen LogP contribution is -2.38. The molecule has 1 atom stereocenters. The first kappa shape index (κ1) is 19.5. The van der Waals surface area contributed by atoms with Gasteiger partial charge in [-0.1, -0.05) is 42.1 Å². The van der Waals surface area contributed by atoms with Crippen molar-refractivity contribution in [1.82, 2.24) is 10.3 Å². The van der Waals surface area contributed by atoms with Crippen LogP contribution < -0.4 is 11.1 Å². The summed E-state index contributed by atoms with van der Waals surface area (Å²) in [6.07, 6.45) is 0. The summed E-state index contributed by atoms with van der Waals surface area (Å²) in [4.78, 5) is 28.4. The number of hydrogen-bond donors (Lipinski definition) is 2. The van der Waals surface area contributed by atoms with Gasteiger partial charge in [0.15, 0.2) is 0 Å². The first-order chi connectivity index (χ1) is 12.3. The van der Waals surface area contributed by atoms with E-state index in [9.17, 15) is 14.9 Å². The lowest BCUT2D eigenvalue weighted by molar-refractivity contribution is -0.126. The topological polar surface area (TPSA) is 109 Å². The van der Waals surface area contributed by atoms with Gasteiger partial charge in [0.2, 0.25) is 11.8 Å². The Labute approximate surface area is 156 Å². The fourth-order valence-corrected chi connectivity index (χ4v) is 3.34. The molecule has 0 radical (unpaired) electrons. The highest BCUT2D eigenvalue weighted by molar-refractivity contribution is 8.00. The number of aryl methyl sites for hydroxylation is 1. The van der Waals surface area contributed by atoms with Gasteiger partial charge in [-0.15, -0.1) is 0 Å². The number of primary amides is 1. The summed E-state index contributed by atoms with van der Waals surface area (Å²) in [5.74, 6) is -0.961. The van der Waals surface area contributed by atoms with Gasteiger partial charge in [-0.05, 0) is 37.5 Å². The molecule has 2 aromatic rings. The minimum Gasteiger partial charge on any atom is -0.368 e. The maximum atomic E-state index is 12.3. The highest BCUT2D eigenvalue weighted by Gasteiger charge is 2.21. The van der Waals surface area contributed by atoms with Gasteiger partial charge < -0.3 is 11.1 Å². The van der Waals surface area contributed by atoms with Crippen LogP contribution in [-0.4, -0.2) is 22.6 Å². The summed E-state index contributed by atoms with van der Waals surface area (Å²) in [6, 6.07) is 10.1. The smallest absolute Gasteiger partial charge is 0.244 e. The van der Waals surface area contributed by atoms with Crippen LogP contribution in [0.2, 0.25) is 0 Å². The Bertz CT molecular complexity index is 875. The maximum absolute atomic E-state index is 12.3. The van der Waals surface area contributed by atoms with Crippen molar-refractivity contribution in [3.8, 4) is 6.07 Å². The third kappa shape index (κ3) is 4.41. The van der Waals surface area contributed by atoms with Crippen LogP contribution in [-0.2, 0) is 9.59 Å². The van der Waals surface area contributed by atoms with Gasteiger partial charge in [-0.2, -0.15) is 5.26 Å². The third-order valence-electron chi connectivity index (χ3n) is 4.14. The molecule has 1 aromatic heterocycles. The van der Waals surface area contributed by atoms with Crippen LogP contribution in [0.5, 0.6) is 0 Å². The summed E-state index contributed by atoms with van der Waals surface area (Å²) in [5, 5.41) is 12.5. The molecule has 0 fully saturated rings. The van der Waals surface area contributed by atoms with Gasteiger partial charge in [0.05, 0.1) is 11.3 Å². The zero-order valence-electron chi connectivity index (χ0n) is 14.9. The lowest BCUT2D eigenvalue weighted by Gasteiger charge is -2.16. The highest BCUT2D eigenvalue weighted by atomic mass is 32.2. The number of aromatic nitrogens is 1. The standard InChI is InChI=1S/C19H20N4O2S/c1-11-12(2)15(9-20)19(22-13(11)3)26-10-16(24)23-17(18(21)25)14-7-5-4-6-8-14/h4-8,17H,10H2,1-3H3,(H2,21,25)(H,23,24). The molecule has 6 nitrogen and oxygen atoms in total. The van der Waals surface area contributed by atoms with Crippen molar-refractivity contribution in [2.75, 3.05) is 5.75 Å². The number of benzene rings is 1. The van der Waals surface area contributed by atoms with Crippen LogP contribution >= 0.6 is 11.8 Å². The molecule has 0 saturated carbocycles. The molecule has 0 aliphatic carbocycles. The molecule has 1 heterocycles. The van der Waals surface area contributed by atoms with E-state index in [0.29, 0.717) is 16.2 Å². The van der Waals surface area contributed by atoms with Crippen molar-refractivity contribution in [3.63, 3.8) is 0 Å². The number of hydrogen-bond acceptors (Lipinski definition) is 5.